The summed E-state index contributed by atoms with van der Waals surface area (Å²) in [6.07, 6.45) is 2.48. The SMILES string of the molecule is CCCc1cc[cH-]c1.[Cl][Zr][Cl]. The molecule has 0 saturated heterocycles. The van der Waals surface area contributed by atoms with Crippen LogP contribution in [0.25, 0.3) is 0 Å². The van der Waals surface area contributed by atoms with Gasteiger partial charge in [0, 0.05) is 0 Å². The van der Waals surface area contributed by atoms with Gasteiger partial charge >= 0.3 is 37.9 Å². The minimum atomic E-state index is -0.826. The topological polar surface area (TPSA) is 0 Å². The van der Waals surface area contributed by atoms with Crippen molar-refractivity contribution in [3.05, 3.63) is 29.8 Å². The Labute approximate surface area is 86.9 Å². The summed E-state index contributed by atoms with van der Waals surface area (Å²) >= 11 is -0.826. The van der Waals surface area contributed by atoms with Crippen molar-refractivity contribution < 1.29 is 20.8 Å². The van der Waals surface area contributed by atoms with Crippen LogP contribution in [-0.2, 0) is 27.3 Å². The maximum atomic E-state index is 4.93. The fourth-order valence-corrected chi connectivity index (χ4v) is 0.869. The van der Waals surface area contributed by atoms with Crippen molar-refractivity contribution in [3.63, 3.8) is 0 Å². The summed E-state index contributed by atoms with van der Waals surface area (Å²) in [6.45, 7) is 2.20. The molecule has 0 heterocycles. The third-order valence-electron chi connectivity index (χ3n) is 1.27. The molecule has 62 valence electrons. The molecule has 0 spiro atoms. The zero-order valence-electron chi connectivity index (χ0n) is 6.48. The fraction of sp³-hybridized carbons (Fsp3) is 0.375. The molecule has 0 aliphatic heterocycles. The van der Waals surface area contributed by atoms with Gasteiger partial charge in [-0.05, 0) is 0 Å². The average molecular weight is 269 g/mol. The Kier molecular flexibility index (Phi) is 9.56. The first-order chi connectivity index (χ1) is 5.35. The minimum absolute atomic E-state index is 0.826. The summed E-state index contributed by atoms with van der Waals surface area (Å²) in [7, 11) is 9.87. The monoisotopic (exact) mass is 267 g/mol. The van der Waals surface area contributed by atoms with Gasteiger partial charge in [0.25, 0.3) is 0 Å². The van der Waals surface area contributed by atoms with Gasteiger partial charge in [-0.1, -0.05) is 19.8 Å². The molecule has 1 aromatic carbocycles. The van der Waals surface area contributed by atoms with E-state index in [9.17, 15) is 0 Å². The fourth-order valence-electron chi connectivity index (χ4n) is 0.869. The molecule has 1 aromatic rings. The van der Waals surface area contributed by atoms with Gasteiger partial charge in [-0.25, -0.2) is 6.07 Å². The Balaban J connectivity index is 0.000000292. The molecule has 0 aromatic heterocycles. The van der Waals surface area contributed by atoms with Crippen molar-refractivity contribution in [1.82, 2.24) is 0 Å². The Bertz CT molecular complexity index is 149. The van der Waals surface area contributed by atoms with E-state index in [1.165, 1.54) is 18.4 Å². The van der Waals surface area contributed by atoms with Gasteiger partial charge in [-0.3, -0.25) is 0 Å². The maximum absolute atomic E-state index is 4.93. The summed E-state index contributed by atoms with van der Waals surface area (Å²) < 4.78 is 0. The summed E-state index contributed by atoms with van der Waals surface area (Å²) in [5, 5.41) is 0. The van der Waals surface area contributed by atoms with Crippen LogP contribution in [0.4, 0.5) is 0 Å². The quantitative estimate of drug-likeness (QED) is 0.718. The second kappa shape index (κ2) is 8.91. The Morgan fingerprint density at radius 3 is 2.55 bits per heavy atom. The van der Waals surface area contributed by atoms with E-state index in [0.717, 1.165) is 0 Å². The van der Waals surface area contributed by atoms with Crippen molar-refractivity contribution in [3.8, 4) is 0 Å². The Hall–Kier alpha value is 0.813. The van der Waals surface area contributed by atoms with Crippen LogP contribution in [0.15, 0.2) is 24.3 Å². The van der Waals surface area contributed by atoms with Crippen molar-refractivity contribution in [1.29, 1.82) is 0 Å². The number of hydrogen-bond donors (Lipinski definition) is 0. The van der Waals surface area contributed by atoms with Gasteiger partial charge in [-0.15, -0.1) is 0 Å². The predicted octanol–water partition coefficient (Wildman–Crippen LogP) is 3.73. The molecule has 0 unspecified atom stereocenters. The van der Waals surface area contributed by atoms with E-state index in [1.807, 2.05) is 0 Å². The van der Waals surface area contributed by atoms with Crippen LogP contribution in [0.5, 0.6) is 0 Å². The first kappa shape index (κ1) is 11.8. The molecule has 0 bridgehead atoms. The number of rotatable bonds is 2. The zero-order chi connectivity index (χ0) is 8.53. The van der Waals surface area contributed by atoms with Gasteiger partial charge < -0.3 is 0 Å². The van der Waals surface area contributed by atoms with Crippen molar-refractivity contribution in [2.24, 2.45) is 0 Å². The van der Waals surface area contributed by atoms with E-state index in [-0.39, 0.29) is 0 Å². The summed E-state index contributed by atoms with van der Waals surface area (Å²) in [5.74, 6) is 0. The van der Waals surface area contributed by atoms with E-state index in [1.54, 1.807) is 0 Å². The van der Waals surface area contributed by atoms with Gasteiger partial charge in [0.2, 0.25) is 0 Å². The first-order valence-electron chi connectivity index (χ1n) is 3.52. The van der Waals surface area contributed by atoms with Gasteiger partial charge in [0.15, 0.2) is 0 Å². The van der Waals surface area contributed by atoms with Gasteiger partial charge in [-0.2, -0.15) is 23.8 Å². The predicted molar refractivity (Wildman–Crippen MR) is 47.7 cm³/mol. The molecular formula is C8H11Cl2Zr-. The second-order valence-corrected chi connectivity index (χ2v) is 5.85. The number of aryl methyl sites for hydroxylation is 1. The molecule has 0 atom stereocenters. The Morgan fingerprint density at radius 2 is 2.18 bits per heavy atom. The zero-order valence-corrected chi connectivity index (χ0v) is 10.4. The van der Waals surface area contributed by atoms with Crippen LogP contribution in [0.1, 0.15) is 18.9 Å². The van der Waals surface area contributed by atoms with E-state index in [4.69, 9.17) is 17.0 Å². The van der Waals surface area contributed by atoms with E-state index < -0.39 is 20.8 Å². The molecule has 1 rings (SSSR count). The molecule has 11 heavy (non-hydrogen) atoms. The molecule has 0 fully saturated rings. The third-order valence-corrected chi connectivity index (χ3v) is 1.27. The van der Waals surface area contributed by atoms with Gasteiger partial charge in [0.1, 0.15) is 0 Å². The van der Waals surface area contributed by atoms with E-state index in [0.29, 0.717) is 0 Å². The molecule has 0 saturated carbocycles. The van der Waals surface area contributed by atoms with Crippen LogP contribution < -0.4 is 0 Å². The molecular weight excluding hydrogens is 258 g/mol. The molecule has 0 amide bonds. The van der Waals surface area contributed by atoms with Crippen molar-refractivity contribution in [2.75, 3.05) is 0 Å². The summed E-state index contributed by atoms with van der Waals surface area (Å²) in [4.78, 5) is 0. The number of hydrogen-bond acceptors (Lipinski definition) is 0. The van der Waals surface area contributed by atoms with Crippen molar-refractivity contribution in [2.45, 2.75) is 19.8 Å². The molecule has 3 heteroatoms. The molecule has 0 N–H and O–H groups in total. The van der Waals surface area contributed by atoms with E-state index >= 15 is 0 Å². The van der Waals surface area contributed by atoms with Crippen LogP contribution in [0, 0.1) is 0 Å². The second-order valence-electron chi connectivity index (χ2n) is 2.11. The Morgan fingerprint density at radius 1 is 1.55 bits per heavy atom. The van der Waals surface area contributed by atoms with Crippen molar-refractivity contribution >= 4 is 17.0 Å². The summed E-state index contributed by atoms with van der Waals surface area (Å²) in [5.41, 5.74) is 1.47. The average Bonchev–Trinajstić information content (AvgIpc) is 2.42. The number of halogens is 2. The normalized spacial score (nSPS) is 8.27. The van der Waals surface area contributed by atoms with Gasteiger partial charge in [0.05, 0.1) is 0 Å². The standard InChI is InChI=1S/C8H11.2ClH.Zr/c1-2-5-8-6-3-4-7-8;;;/h3-4,6-7H,2,5H2,1H3;2*1H;/q-1;;;+2/p-2. The van der Waals surface area contributed by atoms with E-state index in [2.05, 4.69) is 31.2 Å². The first-order valence-corrected chi connectivity index (χ1v) is 9.85. The van der Waals surface area contributed by atoms with Crippen LogP contribution in [0.2, 0.25) is 0 Å². The molecule has 0 radical (unpaired) electrons. The van der Waals surface area contributed by atoms with Crippen LogP contribution in [0.3, 0.4) is 0 Å². The molecule has 0 nitrogen and oxygen atoms in total. The van der Waals surface area contributed by atoms with Crippen LogP contribution >= 0.6 is 17.0 Å². The molecule has 0 aliphatic carbocycles. The van der Waals surface area contributed by atoms with Crippen LogP contribution in [-0.4, -0.2) is 0 Å². The molecule has 0 aliphatic rings. The third kappa shape index (κ3) is 7.18. The summed E-state index contributed by atoms with van der Waals surface area (Å²) in [6, 6.07) is 8.52.